The van der Waals surface area contributed by atoms with Crippen LogP contribution in [0.15, 0.2) is 60.7 Å². The SMILES string of the molecule is COc1cccc(CCNc2nc(C)cc(C(=O)NCc3ccccc3)n2)c1. The molecule has 1 amide bonds. The van der Waals surface area contributed by atoms with Gasteiger partial charge in [0.2, 0.25) is 5.95 Å². The molecule has 6 nitrogen and oxygen atoms in total. The highest BCUT2D eigenvalue weighted by atomic mass is 16.5. The summed E-state index contributed by atoms with van der Waals surface area (Å²) in [6.45, 7) is 2.96. The fraction of sp³-hybridized carbons (Fsp3) is 0.227. The monoisotopic (exact) mass is 376 g/mol. The molecule has 0 bridgehead atoms. The average molecular weight is 376 g/mol. The Labute approximate surface area is 165 Å². The maximum absolute atomic E-state index is 12.4. The molecule has 0 saturated heterocycles. The van der Waals surface area contributed by atoms with Crippen molar-refractivity contribution in [1.29, 1.82) is 0 Å². The zero-order valence-corrected chi connectivity index (χ0v) is 16.1. The summed E-state index contributed by atoms with van der Waals surface area (Å²) in [6, 6.07) is 19.4. The van der Waals surface area contributed by atoms with Crippen molar-refractivity contribution in [3.05, 3.63) is 83.2 Å². The van der Waals surface area contributed by atoms with E-state index >= 15 is 0 Å². The number of nitrogens with zero attached hydrogens (tertiary/aromatic N) is 2. The molecule has 0 unspecified atom stereocenters. The Balaban J connectivity index is 1.58. The van der Waals surface area contributed by atoms with Gasteiger partial charge in [-0.15, -0.1) is 0 Å². The van der Waals surface area contributed by atoms with E-state index in [1.54, 1.807) is 13.2 Å². The number of ether oxygens (including phenoxy) is 1. The van der Waals surface area contributed by atoms with Gasteiger partial charge in [0.1, 0.15) is 11.4 Å². The smallest absolute Gasteiger partial charge is 0.270 e. The number of carbonyl (C=O) groups excluding carboxylic acids is 1. The molecule has 1 heterocycles. The molecule has 0 fully saturated rings. The van der Waals surface area contributed by atoms with E-state index in [9.17, 15) is 4.79 Å². The fourth-order valence-electron chi connectivity index (χ4n) is 2.78. The number of methoxy groups -OCH3 is 1. The van der Waals surface area contributed by atoms with E-state index in [1.807, 2.05) is 61.5 Å². The van der Waals surface area contributed by atoms with E-state index in [4.69, 9.17) is 4.74 Å². The predicted molar refractivity (Wildman–Crippen MR) is 110 cm³/mol. The molecule has 3 aromatic rings. The van der Waals surface area contributed by atoms with Crippen LogP contribution in [0, 0.1) is 6.92 Å². The molecule has 0 aliphatic heterocycles. The summed E-state index contributed by atoms with van der Waals surface area (Å²) < 4.78 is 5.24. The van der Waals surface area contributed by atoms with Crippen LogP contribution in [0.4, 0.5) is 5.95 Å². The highest BCUT2D eigenvalue weighted by Gasteiger charge is 2.10. The van der Waals surface area contributed by atoms with Gasteiger partial charge >= 0.3 is 0 Å². The van der Waals surface area contributed by atoms with Crippen molar-refractivity contribution in [3.63, 3.8) is 0 Å². The number of aryl methyl sites for hydroxylation is 1. The van der Waals surface area contributed by atoms with Gasteiger partial charge in [-0.3, -0.25) is 4.79 Å². The molecule has 3 rings (SSSR count). The van der Waals surface area contributed by atoms with Gasteiger partial charge in [-0.25, -0.2) is 9.97 Å². The van der Waals surface area contributed by atoms with Gasteiger partial charge < -0.3 is 15.4 Å². The molecule has 2 N–H and O–H groups in total. The molecule has 0 spiro atoms. The van der Waals surface area contributed by atoms with Crippen LogP contribution >= 0.6 is 0 Å². The normalized spacial score (nSPS) is 10.4. The number of benzene rings is 2. The van der Waals surface area contributed by atoms with Crippen LogP contribution in [0.3, 0.4) is 0 Å². The van der Waals surface area contributed by atoms with E-state index in [-0.39, 0.29) is 5.91 Å². The largest absolute Gasteiger partial charge is 0.497 e. The zero-order chi connectivity index (χ0) is 19.8. The summed E-state index contributed by atoms with van der Waals surface area (Å²) in [4.78, 5) is 21.2. The van der Waals surface area contributed by atoms with Gasteiger partial charge in [0.15, 0.2) is 0 Å². The van der Waals surface area contributed by atoms with Gasteiger partial charge in [0, 0.05) is 18.8 Å². The molecule has 0 atom stereocenters. The Kier molecular flexibility index (Phi) is 6.57. The Morgan fingerprint density at radius 2 is 1.79 bits per heavy atom. The van der Waals surface area contributed by atoms with Crippen molar-refractivity contribution in [3.8, 4) is 5.75 Å². The standard InChI is InChI=1S/C22H24N4O2/c1-16-13-20(21(27)24-15-18-7-4-3-5-8-18)26-22(25-16)23-12-11-17-9-6-10-19(14-17)28-2/h3-10,13-14H,11-12,15H2,1-2H3,(H,24,27)(H,23,25,26). The van der Waals surface area contributed by atoms with Crippen LogP contribution in [0.1, 0.15) is 27.3 Å². The van der Waals surface area contributed by atoms with Crippen LogP contribution < -0.4 is 15.4 Å². The number of anilines is 1. The molecule has 1 aromatic heterocycles. The first-order chi connectivity index (χ1) is 13.6. The Morgan fingerprint density at radius 1 is 1.00 bits per heavy atom. The first-order valence-corrected chi connectivity index (χ1v) is 9.18. The van der Waals surface area contributed by atoms with Crippen molar-refractivity contribution in [2.24, 2.45) is 0 Å². The molecule has 2 aromatic carbocycles. The maximum atomic E-state index is 12.4. The lowest BCUT2D eigenvalue weighted by Gasteiger charge is -2.09. The van der Waals surface area contributed by atoms with Crippen LogP contribution in [0.5, 0.6) is 5.75 Å². The van der Waals surface area contributed by atoms with Crippen LogP contribution in [-0.4, -0.2) is 29.5 Å². The summed E-state index contributed by atoms with van der Waals surface area (Å²) >= 11 is 0. The first kappa shape index (κ1) is 19.4. The lowest BCUT2D eigenvalue weighted by Crippen LogP contribution is -2.24. The van der Waals surface area contributed by atoms with Crippen molar-refractivity contribution in [2.75, 3.05) is 19.0 Å². The third kappa shape index (κ3) is 5.54. The van der Waals surface area contributed by atoms with Gasteiger partial charge in [-0.05, 0) is 42.7 Å². The summed E-state index contributed by atoms with van der Waals surface area (Å²) in [5.41, 5.74) is 3.29. The number of aromatic nitrogens is 2. The van der Waals surface area contributed by atoms with Crippen LogP contribution in [-0.2, 0) is 13.0 Å². The molecular formula is C22H24N4O2. The zero-order valence-electron chi connectivity index (χ0n) is 16.1. The number of amides is 1. The molecule has 0 aliphatic rings. The van der Waals surface area contributed by atoms with Gasteiger partial charge in [-0.2, -0.15) is 0 Å². The molecular weight excluding hydrogens is 352 g/mol. The van der Waals surface area contributed by atoms with Crippen molar-refractivity contribution < 1.29 is 9.53 Å². The van der Waals surface area contributed by atoms with E-state index < -0.39 is 0 Å². The summed E-state index contributed by atoms with van der Waals surface area (Å²) in [6.07, 6.45) is 0.796. The quantitative estimate of drug-likeness (QED) is 0.630. The highest BCUT2D eigenvalue weighted by Crippen LogP contribution is 2.13. The van der Waals surface area contributed by atoms with E-state index in [0.717, 1.165) is 29.0 Å². The van der Waals surface area contributed by atoms with Crippen molar-refractivity contribution in [2.45, 2.75) is 19.9 Å². The highest BCUT2D eigenvalue weighted by molar-refractivity contribution is 5.92. The summed E-state index contributed by atoms with van der Waals surface area (Å²) in [5, 5.41) is 6.09. The minimum absolute atomic E-state index is 0.217. The molecule has 28 heavy (non-hydrogen) atoms. The molecule has 0 radical (unpaired) electrons. The number of nitrogens with one attached hydrogen (secondary N) is 2. The van der Waals surface area contributed by atoms with Crippen molar-refractivity contribution >= 4 is 11.9 Å². The molecule has 0 saturated carbocycles. The minimum Gasteiger partial charge on any atom is -0.497 e. The first-order valence-electron chi connectivity index (χ1n) is 9.18. The maximum Gasteiger partial charge on any atom is 0.270 e. The lowest BCUT2D eigenvalue weighted by atomic mass is 10.1. The van der Waals surface area contributed by atoms with Crippen molar-refractivity contribution in [1.82, 2.24) is 15.3 Å². The number of rotatable bonds is 8. The van der Waals surface area contributed by atoms with Crippen LogP contribution in [0.2, 0.25) is 0 Å². The number of hydrogen-bond donors (Lipinski definition) is 2. The summed E-state index contributed by atoms with van der Waals surface area (Å²) in [5.74, 6) is 1.07. The Hall–Kier alpha value is -3.41. The Bertz CT molecular complexity index is 929. The Morgan fingerprint density at radius 3 is 2.57 bits per heavy atom. The van der Waals surface area contributed by atoms with Gasteiger partial charge in [0.25, 0.3) is 5.91 Å². The molecule has 144 valence electrons. The van der Waals surface area contributed by atoms with Gasteiger partial charge in [0.05, 0.1) is 7.11 Å². The fourth-order valence-corrected chi connectivity index (χ4v) is 2.78. The summed E-state index contributed by atoms with van der Waals surface area (Å²) in [7, 11) is 1.66. The third-order valence-corrected chi connectivity index (χ3v) is 4.21. The third-order valence-electron chi connectivity index (χ3n) is 4.21. The second kappa shape index (κ2) is 9.50. The minimum atomic E-state index is -0.217. The average Bonchev–Trinajstić information content (AvgIpc) is 2.72. The predicted octanol–water partition coefficient (Wildman–Crippen LogP) is 3.38. The number of carbonyl (C=O) groups is 1. The second-order valence-electron chi connectivity index (χ2n) is 6.41. The van der Waals surface area contributed by atoms with E-state index in [1.165, 1.54) is 0 Å². The van der Waals surface area contributed by atoms with Crippen LogP contribution in [0.25, 0.3) is 0 Å². The van der Waals surface area contributed by atoms with E-state index in [2.05, 4.69) is 20.6 Å². The number of hydrogen-bond acceptors (Lipinski definition) is 5. The molecule has 6 heteroatoms. The molecule has 0 aliphatic carbocycles. The van der Waals surface area contributed by atoms with Gasteiger partial charge in [-0.1, -0.05) is 42.5 Å². The second-order valence-corrected chi connectivity index (χ2v) is 6.41. The van der Waals surface area contributed by atoms with E-state index in [0.29, 0.717) is 24.7 Å². The topological polar surface area (TPSA) is 76.1 Å². The lowest BCUT2D eigenvalue weighted by molar-refractivity contribution is 0.0945.